The van der Waals surface area contributed by atoms with Crippen molar-refractivity contribution in [3.05, 3.63) is 37.7 Å². The van der Waals surface area contributed by atoms with Gasteiger partial charge in [-0.15, -0.1) is 11.3 Å². The molecule has 102 valence electrons. The predicted molar refractivity (Wildman–Crippen MR) is 84.3 cm³/mol. The molecule has 2 rings (SSSR count). The number of anilines is 1. The van der Waals surface area contributed by atoms with Crippen molar-refractivity contribution in [2.45, 2.75) is 27.3 Å². The van der Waals surface area contributed by atoms with Gasteiger partial charge in [0.15, 0.2) is 0 Å². The summed E-state index contributed by atoms with van der Waals surface area (Å²) in [5.41, 5.74) is 3.30. The summed E-state index contributed by atoms with van der Waals surface area (Å²) in [7, 11) is 1.69. The van der Waals surface area contributed by atoms with E-state index >= 15 is 0 Å². The summed E-state index contributed by atoms with van der Waals surface area (Å²) >= 11 is 5.22. The minimum absolute atomic E-state index is 0.774. The van der Waals surface area contributed by atoms with Crippen LogP contribution in [-0.4, -0.2) is 12.1 Å². The molecule has 2 aromatic rings. The number of nitrogens with one attached hydrogen (secondary N) is 1. The molecule has 0 amide bonds. The van der Waals surface area contributed by atoms with E-state index in [2.05, 4.69) is 39.2 Å². The Morgan fingerprint density at radius 3 is 2.63 bits per heavy atom. The van der Waals surface area contributed by atoms with Crippen LogP contribution in [0.25, 0.3) is 0 Å². The summed E-state index contributed by atoms with van der Waals surface area (Å²) in [6.07, 6.45) is 0. The molecule has 0 bridgehead atoms. The highest BCUT2D eigenvalue weighted by Gasteiger charge is 2.10. The van der Waals surface area contributed by atoms with Crippen molar-refractivity contribution < 1.29 is 4.74 Å². The SMILES string of the molecule is COc1cc(Br)cc(C)c1NCc1sc(C)nc1C. The number of ether oxygens (including phenoxy) is 1. The average Bonchev–Trinajstić information content (AvgIpc) is 2.65. The molecule has 0 saturated heterocycles. The lowest BCUT2D eigenvalue weighted by molar-refractivity contribution is 0.416. The molecule has 0 aliphatic heterocycles. The number of halogens is 1. The number of benzene rings is 1. The largest absolute Gasteiger partial charge is 0.495 e. The summed E-state index contributed by atoms with van der Waals surface area (Å²) in [6.45, 7) is 6.93. The number of methoxy groups -OCH3 is 1. The second-order valence-electron chi connectivity index (χ2n) is 4.39. The monoisotopic (exact) mass is 340 g/mol. The zero-order chi connectivity index (χ0) is 14.0. The van der Waals surface area contributed by atoms with Crippen LogP contribution in [0.5, 0.6) is 5.75 Å². The molecule has 0 spiro atoms. The zero-order valence-electron chi connectivity index (χ0n) is 11.5. The van der Waals surface area contributed by atoms with E-state index in [4.69, 9.17) is 4.74 Å². The molecule has 0 radical (unpaired) electrons. The Hall–Kier alpha value is -1.07. The number of nitrogens with zero attached hydrogens (tertiary/aromatic N) is 1. The lowest BCUT2D eigenvalue weighted by Crippen LogP contribution is -2.03. The van der Waals surface area contributed by atoms with Crippen LogP contribution in [0.4, 0.5) is 5.69 Å². The third-order valence-electron chi connectivity index (χ3n) is 2.91. The summed E-state index contributed by atoms with van der Waals surface area (Å²) in [5, 5.41) is 4.56. The summed E-state index contributed by atoms with van der Waals surface area (Å²) in [6, 6.07) is 4.05. The second kappa shape index (κ2) is 5.92. The van der Waals surface area contributed by atoms with Crippen molar-refractivity contribution in [3.8, 4) is 5.75 Å². The molecule has 1 aromatic heterocycles. The van der Waals surface area contributed by atoms with E-state index in [1.165, 1.54) is 4.88 Å². The summed E-state index contributed by atoms with van der Waals surface area (Å²) in [4.78, 5) is 5.71. The molecule has 0 saturated carbocycles. The Labute approximate surface area is 126 Å². The van der Waals surface area contributed by atoms with Crippen LogP contribution in [0.2, 0.25) is 0 Å². The third-order valence-corrected chi connectivity index (χ3v) is 4.44. The number of thiazole rings is 1. The first-order valence-corrected chi connectivity index (χ1v) is 7.63. The maximum absolute atomic E-state index is 5.43. The van der Waals surface area contributed by atoms with E-state index in [9.17, 15) is 0 Å². The summed E-state index contributed by atoms with van der Waals surface area (Å²) in [5.74, 6) is 0.853. The van der Waals surface area contributed by atoms with E-state index in [1.54, 1.807) is 18.4 Å². The van der Waals surface area contributed by atoms with E-state index < -0.39 is 0 Å². The molecule has 1 heterocycles. The van der Waals surface area contributed by atoms with E-state index in [1.807, 2.05) is 19.9 Å². The second-order valence-corrected chi connectivity index (χ2v) is 6.60. The molecule has 1 N–H and O–H groups in total. The van der Waals surface area contributed by atoms with E-state index in [0.29, 0.717) is 0 Å². The number of aryl methyl sites for hydroxylation is 3. The van der Waals surface area contributed by atoms with Crippen molar-refractivity contribution in [3.63, 3.8) is 0 Å². The average molecular weight is 341 g/mol. The minimum atomic E-state index is 0.774. The number of hydrogen-bond donors (Lipinski definition) is 1. The fourth-order valence-corrected chi connectivity index (χ4v) is 3.43. The van der Waals surface area contributed by atoms with Gasteiger partial charge in [-0.1, -0.05) is 15.9 Å². The first-order valence-electron chi connectivity index (χ1n) is 6.02. The van der Waals surface area contributed by atoms with Gasteiger partial charge in [0.25, 0.3) is 0 Å². The highest BCUT2D eigenvalue weighted by molar-refractivity contribution is 9.10. The van der Waals surface area contributed by atoms with Crippen LogP contribution >= 0.6 is 27.3 Å². The molecule has 1 aromatic carbocycles. The number of rotatable bonds is 4. The van der Waals surface area contributed by atoms with Crippen molar-refractivity contribution in [1.29, 1.82) is 0 Å². The molecule has 5 heteroatoms. The molecule has 3 nitrogen and oxygen atoms in total. The first-order chi connectivity index (χ1) is 9.01. The van der Waals surface area contributed by atoms with Crippen molar-refractivity contribution >= 4 is 33.0 Å². The third kappa shape index (κ3) is 3.28. The predicted octanol–water partition coefficient (Wildman–Crippen LogP) is 4.45. The normalized spacial score (nSPS) is 10.6. The maximum atomic E-state index is 5.43. The van der Waals surface area contributed by atoms with Crippen LogP contribution < -0.4 is 10.1 Å². The van der Waals surface area contributed by atoms with Crippen LogP contribution in [0.1, 0.15) is 21.1 Å². The van der Waals surface area contributed by atoms with Gasteiger partial charge in [-0.3, -0.25) is 0 Å². The maximum Gasteiger partial charge on any atom is 0.143 e. The molecule has 0 aliphatic carbocycles. The lowest BCUT2D eigenvalue weighted by Gasteiger charge is -2.14. The van der Waals surface area contributed by atoms with Crippen LogP contribution in [0.15, 0.2) is 16.6 Å². The Bertz CT molecular complexity index is 595. The molecule has 0 atom stereocenters. The zero-order valence-corrected chi connectivity index (χ0v) is 13.9. The van der Waals surface area contributed by atoms with Gasteiger partial charge in [-0.25, -0.2) is 4.98 Å². The van der Waals surface area contributed by atoms with E-state index in [0.717, 1.165) is 38.7 Å². The number of aromatic nitrogens is 1. The summed E-state index contributed by atoms with van der Waals surface area (Å²) < 4.78 is 6.45. The van der Waals surface area contributed by atoms with Crippen LogP contribution in [-0.2, 0) is 6.54 Å². The van der Waals surface area contributed by atoms with Gasteiger partial charge in [0, 0.05) is 9.35 Å². The molecule has 19 heavy (non-hydrogen) atoms. The quantitative estimate of drug-likeness (QED) is 0.892. The fraction of sp³-hybridized carbons (Fsp3) is 0.357. The van der Waals surface area contributed by atoms with Crippen molar-refractivity contribution in [2.75, 3.05) is 12.4 Å². The van der Waals surface area contributed by atoms with Crippen LogP contribution in [0, 0.1) is 20.8 Å². The Balaban J connectivity index is 2.22. The van der Waals surface area contributed by atoms with Gasteiger partial charge >= 0.3 is 0 Å². The molecular weight excluding hydrogens is 324 g/mol. The topological polar surface area (TPSA) is 34.1 Å². The molecular formula is C14H17BrN2OS. The van der Waals surface area contributed by atoms with Gasteiger partial charge < -0.3 is 10.1 Å². The van der Waals surface area contributed by atoms with Crippen molar-refractivity contribution in [1.82, 2.24) is 4.98 Å². The van der Waals surface area contributed by atoms with Gasteiger partial charge in [-0.05, 0) is 38.5 Å². The van der Waals surface area contributed by atoms with Gasteiger partial charge in [0.2, 0.25) is 0 Å². The Morgan fingerprint density at radius 2 is 2.05 bits per heavy atom. The van der Waals surface area contributed by atoms with Gasteiger partial charge in [-0.2, -0.15) is 0 Å². The molecule has 0 unspecified atom stereocenters. The Morgan fingerprint density at radius 1 is 1.32 bits per heavy atom. The number of hydrogen-bond acceptors (Lipinski definition) is 4. The van der Waals surface area contributed by atoms with Crippen molar-refractivity contribution in [2.24, 2.45) is 0 Å². The van der Waals surface area contributed by atoms with Gasteiger partial charge in [0.05, 0.1) is 30.0 Å². The highest BCUT2D eigenvalue weighted by Crippen LogP contribution is 2.32. The van der Waals surface area contributed by atoms with Gasteiger partial charge in [0.1, 0.15) is 5.75 Å². The highest BCUT2D eigenvalue weighted by atomic mass is 79.9. The Kier molecular flexibility index (Phi) is 4.47. The molecule has 0 fully saturated rings. The standard InChI is InChI=1S/C14H17BrN2OS/c1-8-5-11(15)6-12(18-4)14(8)16-7-13-9(2)17-10(3)19-13/h5-6,16H,7H2,1-4H3. The fourth-order valence-electron chi connectivity index (χ4n) is 2.01. The molecule has 0 aliphatic rings. The smallest absolute Gasteiger partial charge is 0.143 e. The van der Waals surface area contributed by atoms with Crippen LogP contribution in [0.3, 0.4) is 0 Å². The first kappa shape index (κ1) is 14.3. The lowest BCUT2D eigenvalue weighted by atomic mass is 10.2. The minimum Gasteiger partial charge on any atom is -0.495 e. The van der Waals surface area contributed by atoms with E-state index in [-0.39, 0.29) is 0 Å².